The number of alkyl halides is 6. The number of pyridine rings is 2. The van der Waals surface area contributed by atoms with Crippen LogP contribution in [-0.2, 0) is 4.84 Å². The summed E-state index contributed by atoms with van der Waals surface area (Å²) in [5, 5.41) is 2.64. The van der Waals surface area contributed by atoms with Crippen molar-refractivity contribution in [2.24, 2.45) is 0 Å². The van der Waals surface area contributed by atoms with Gasteiger partial charge in [0.2, 0.25) is 17.7 Å². The number of nitrogens with zero attached hydrogens (tertiary/aromatic N) is 5. The highest BCUT2D eigenvalue weighted by molar-refractivity contribution is 5.59. The SMILES string of the molecule is CC(C)ONc1nc(Nc2ccnc(OC(F)(F)F)c2)nc(-c2cccc(OC(F)(F)F)n2)n1. The fraction of sp³-hybridized carbons (Fsp3) is 0.278. The molecule has 0 fully saturated rings. The lowest BCUT2D eigenvalue weighted by Crippen LogP contribution is -2.18. The van der Waals surface area contributed by atoms with Crippen molar-refractivity contribution in [1.29, 1.82) is 0 Å². The predicted molar refractivity (Wildman–Crippen MR) is 104 cm³/mol. The molecule has 0 aliphatic rings. The van der Waals surface area contributed by atoms with Crippen LogP contribution in [-0.4, -0.2) is 43.7 Å². The Labute approximate surface area is 187 Å². The normalized spacial score (nSPS) is 11.9. The van der Waals surface area contributed by atoms with E-state index in [0.717, 1.165) is 18.3 Å². The van der Waals surface area contributed by atoms with E-state index >= 15 is 0 Å². The molecule has 0 bridgehead atoms. The standard InChI is InChI=1S/C18H15F6N7O3/c1-9(2)34-31-16-29-14(11-4-3-5-12(27-11)32-17(19,20)21)28-15(30-16)26-10-6-7-25-13(8-10)33-18(22,23)24/h3-9H,1-2H3,(H2,25,26,28,29,30,31). The maximum Gasteiger partial charge on any atom is 0.574 e. The summed E-state index contributed by atoms with van der Waals surface area (Å²) in [4.78, 5) is 24.5. The Morgan fingerprint density at radius 3 is 2.18 bits per heavy atom. The van der Waals surface area contributed by atoms with Gasteiger partial charge < -0.3 is 14.8 Å². The van der Waals surface area contributed by atoms with Crippen LogP contribution in [0.25, 0.3) is 11.5 Å². The molecule has 0 radical (unpaired) electrons. The molecule has 16 heteroatoms. The Morgan fingerprint density at radius 2 is 1.50 bits per heavy atom. The average molecular weight is 491 g/mol. The highest BCUT2D eigenvalue weighted by Gasteiger charge is 2.32. The van der Waals surface area contributed by atoms with Crippen molar-refractivity contribution in [2.75, 3.05) is 10.8 Å². The van der Waals surface area contributed by atoms with Gasteiger partial charge >= 0.3 is 12.7 Å². The number of nitrogens with one attached hydrogen (secondary N) is 2. The van der Waals surface area contributed by atoms with E-state index in [9.17, 15) is 26.3 Å². The number of hydrogen-bond acceptors (Lipinski definition) is 10. The van der Waals surface area contributed by atoms with Crippen molar-refractivity contribution < 1.29 is 40.7 Å². The van der Waals surface area contributed by atoms with Gasteiger partial charge in [0.25, 0.3) is 5.95 Å². The first-order valence-electron chi connectivity index (χ1n) is 9.26. The van der Waals surface area contributed by atoms with Gasteiger partial charge in [0.1, 0.15) is 5.69 Å². The maximum atomic E-state index is 12.5. The molecule has 3 heterocycles. The lowest BCUT2D eigenvalue weighted by atomic mass is 10.3. The molecule has 182 valence electrons. The summed E-state index contributed by atoms with van der Waals surface area (Å²) in [6.45, 7) is 3.40. The lowest BCUT2D eigenvalue weighted by Gasteiger charge is -2.13. The van der Waals surface area contributed by atoms with Crippen LogP contribution >= 0.6 is 0 Å². The smallest absolute Gasteiger partial charge is 0.388 e. The van der Waals surface area contributed by atoms with Crippen LogP contribution in [0.15, 0.2) is 36.5 Å². The van der Waals surface area contributed by atoms with Crippen LogP contribution in [0, 0.1) is 0 Å². The molecule has 0 aliphatic heterocycles. The summed E-state index contributed by atoms with van der Waals surface area (Å²) >= 11 is 0. The number of halogens is 6. The topological polar surface area (TPSA) is 116 Å². The van der Waals surface area contributed by atoms with Gasteiger partial charge in [0.15, 0.2) is 5.82 Å². The third kappa shape index (κ3) is 7.88. The van der Waals surface area contributed by atoms with E-state index in [0.29, 0.717) is 0 Å². The monoisotopic (exact) mass is 491 g/mol. The molecule has 0 spiro atoms. The maximum absolute atomic E-state index is 12.5. The van der Waals surface area contributed by atoms with Gasteiger partial charge in [0.05, 0.1) is 6.10 Å². The Morgan fingerprint density at radius 1 is 0.824 bits per heavy atom. The van der Waals surface area contributed by atoms with Crippen LogP contribution in [0.2, 0.25) is 0 Å². The highest BCUT2D eigenvalue weighted by atomic mass is 19.4. The van der Waals surface area contributed by atoms with Crippen molar-refractivity contribution >= 4 is 17.6 Å². The zero-order valence-electron chi connectivity index (χ0n) is 17.3. The Kier molecular flexibility index (Phi) is 7.19. The molecule has 0 saturated heterocycles. The molecule has 3 rings (SSSR count). The molecule has 0 unspecified atom stereocenters. The van der Waals surface area contributed by atoms with Gasteiger partial charge in [-0.05, 0) is 26.0 Å². The van der Waals surface area contributed by atoms with Gasteiger partial charge in [-0.2, -0.15) is 15.0 Å². The van der Waals surface area contributed by atoms with E-state index in [1.165, 1.54) is 18.2 Å². The van der Waals surface area contributed by atoms with E-state index in [2.05, 4.69) is 45.2 Å². The first-order valence-corrected chi connectivity index (χ1v) is 9.26. The summed E-state index contributed by atoms with van der Waals surface area (Å²) in [5.74, 6) is -2.05. The van der Waals surface area contributed by atoms with Crippen molar-refractivity contribution in [2.45, 2.75) is 32.7 Å². The number of rotatable bonds is 8. The van der Waals surface area contributed by atoms with Crippen LogP contribution in [0.5, 0.6) is 11.8 Å². The van der Waals surface area contributed by atoms with Gasteiger partial charge in [-0.25, -0.2) is 15.4 Å². The minimum absolute atomic E-state index is 0.0595. The van der Waals surface area contributed by atoms with Crippen molar-refractivity contribution in [3.05, 3.63) is 36.5 Å². The number of hydrogen-bond donors (Lipinski definition) is 2. The molecule has 2 N–H and O–H groups in total. The molecule has 34 heavy (non-hydrogen) atoms. The molecular formula is C18H15F6N7O3. The Hall–Kier alpha value is -3.95. The first kappa shape index (κ1) is 24.7. The summed E-state index contributed by atoms with van der Waals surface area (Å²) in [7, 11) is 0. The van der Waals surface area contributed by atoms with E-state index in [4.69, 9.17) is 4.84 Å². The van der Waals surface area contributed by atoms with Crippen LogP contribution in [0.1, 0.15) is 13.8 Å². The number of ether oxygens (including phenoxy) is 2. The second-order valence-corrected chi connectivity index (χ2v) is 6.54. The third-order valence-electron chi connectivity index (χ3n) is 3.41. The summed E-state index contributed by atoms with van der Waals surface area (Å²) in [5.41, 5.74) is 2.39. The van der Waals surface area contributed by atoms with Crippen molar-refractivity contribution in [3.63, 3.8) is 0 Å². The predicted octanol–water partition coefficient (Wildman–Crippen LogP) is 4.62. The average Bonchev–Trinajstić information content (AvgIpc) is 2.70. The molecule has 10 nitrogen and oxygen atoms in total. The third-order valence-corrected chi connectivity index (χ3v) is 3.41. The molecule has 0 amide bonds. The molecular weight excluding hydrogens is 476 g/mol. The molecule has 0 aromatic carbocycles. The number of aromatic nitrogens is 5. The van der Waals surface area contributed by atoms with E-state index in [-0.39, 0.29) is 35.2 Å². The van der Waals surface area contributed by atoms with Crippen molar-refractivity contribution in [1.82, 2.24) is 24.9 Å². The fourth-order valence-electron chi connectivity index (χ4n) is 2.27. The van der Waals surface area contributed by atoms with E-state index < -0.39 is 24.5 Å². The molecule has 0 saturated carbocycles. The summed E-state index contributed by atoms with van der Waals surface area (Å²) in [6.07, 6.45) is -9.17. The van der Waals surface area contributed by atoms with Crippen LogP contribution in [0.4, 0.5) is 43.9 Å². The molecule has 3 aromatic rings. The van der Waals surface area contributed by atoms with Gasteiger partial charge in [-0.1, -0.05) is 6.07 Å². The van der Waals surface area contributed by atoms with E-state index in [1.54, 1.807) is 13.8 Å². The highest BCUT2D eigenvalue weighted by Crippen LogP contribution is 2.26. The van der Waals surface area contributed by atoms with E-state index in [1.807, 2.05) is 0 Å². The minimum Gasteiger partial charge on any atom is -0.388 e. The fourth-order valence-corrected chi connectivity index (χ4v) is 2.27. The molecule has 0 aliphatic carbocycles. The largest absolute Gasteiger partial charge is 0.574 e. The van der Waals surface area contributed by atoms with Gasteiger partial charge in [-0.15, -0.1) is 26.3 Å². The summed E-state index contributed by atoms with van der Waals surface area (Å²) in [6, 6.07) is 5.78. The second kappa shape index (κ2) is 9.90. The number of anilines is 3. The van der Waals surface area contributed by atoms with Gasteiger partial charge in [0, 0.05) is 24.0 Å². The summed E-state index contributed by atoms with van der Waals surface area (Å²) < 4.78 is 82.5. The first-order chi connectivity index (χ1) is 15.9. The second-order valence-electron chi connectivity index (χ2n) is 6.54. The quantitative estimate of drug-likeness (QED) is 0.342. The van der Waals surface area contributed by atoms with Gasteiger partial charge in [-0.3, -0.25) is 4.84 Å². The van der Waals surface area contributed by atoms with Crippen LogP contribution in [0.3, 0.4) is 0 Å². The Balaban J connectivity index is 1.94. The zero-order valence-corrected chi connectivity index (χ0v) is 17.3. The minimum atomic E-state index is -4.97. The lowest BCUT2D eigenvalue weighted by molar-refractivity contribution is -0.277. The molecule has 0 atom stereocenters. The van der Waals surface area contributed by atoms with Crippen LogP contribution < -0.4 is 20.3 Å². The zero-order chi connectivity index (χ0) is 24.9. The van der Waals surface area contributed by atoms with Crippen molar-refractivity contribution in [3.8, 4) is 23.3 Å². The Bertz CT molecular complexity index is 1130. The molecule has 3 aromatic heterocycles.